The molecule has 0 N–H and O–H groups in total. The molecule has 0 saturated carbocycles. The minimum absolute atomic E-state index is 0.237. The average molecular weight is 359 g/mol. The highest BCUT2D eigenvalue weighted by Crippen LogP contribution is 2.32. The van der Waals surface area contributed by atoms with Crippen molar-refractivity contribution in [3.8, 4) is 22.6 Å². The van der Waals surface area contributed by atoms with E-state index in [2.05, 4.69) is 9.97 Å². The zero-order valence-corrected chi connectivity index (χ0v) is 14.2. The fraction of sp³-hybridized carbons (Fsp3) is 0.0556. The number of ether oxygens (including phenoxy) is 1. The molecule has 0 aliphatic carbocycles. The van der Waals surface area contributed by atoms with Gasteiger partial charge in [0, 0.05) is 22.3 Å². The Morgan fingerprint density at radius 2 is 1.83 bits per heavy atom. The third kappa shape index (κ3) is 3.25. The second kappa shape index (κ2) is 6.99. The molecule has 0 unspecified atom stereocenters. The minimum atomic E-state index is -0.532. The summed E-state index contributed by atoms with van der Waals surface area (Å²) in [4.78, 5) is 20.9. The van der Waals surface area contributed by atoms with Crippen molar-refractivity contribution in [2.75, 3.05) is 7.11 Å². The highest BCUT2D eigenvalue weighted by atomic mass is 35.5. The summed E-state index contributed by atoms with van der Waals surface area (Å²) in [6, 6.07) is 14.5. The molecule has 0 amide bonds. The number of hydrogen-bond acceptors (Lipinski definition) is 4. The summed E-state index contributed by atoms with van der Waals surface area (Å²) in [6.45, 7) is 0. The van der Waals surface area contributed by atoms with Crippen LogP contribution in [0.25, 0.3) is 22.6 Å². The van der Waals surface area contributed by atoms with E-state index in [4.69, 9.17) is 27.9 Å². The lowest BCUT2D eigenvalue weighted by Gasteiger charge is -2.11. The van der Waals surface area contributed by atoms with Gasteiger partial charge in [-0.3, -0.25) is 0 Å². The first-order valence-corrected chi connectivity index (χ1v) is 7.82. The molecular formula is C18H12Cl2N2O2. The maximum absolute atomic E-state index is 12.1. The summed E-state index contributed by atoms with van der Waals surface area (Å²) in [5.41, 5.74) is 2.06. The second-order valence-electron chi connectivity index (χ2n) is 4.94. The highest BCUT2D eigenvalue weighted by Gasteiger charge is 2.19. The third-order valence-electron chi connectivity index (χ3n) is 3.41. The predicted molar refractivity (Wildman–Crippen MR) is 94.3 cm³/mol. The zero-order chi connectivity index (χ0) is 17.1. The Balaban J connectivity index is 2.22. The van der Waals surface area contributed by atoms with Crippen LogP contribution in [0.1, 0.15) is 10.4 Å². The van der Waals surface area contributed by atoms with Gasteiger partial charge in [-0.2, -0.15) is 0 Å². The normalized spacial score (nSPS) is 10.5. The van der Waals surface area contributed by atoms with E-state index >= 15 is 0 Å². The number of hydrogen-bond donors (Lipinski definition) is 0. The number of rotatable bonds is 3. The van der Waals surface area contributed by atoms with E-state index in [1.807, 2.05) is 30.3 Å². The Bertz CT molecular complexity index is 899. The average Bonchev–Trinajstić information content (AvgIpc) is 2.61. The van der Waals surface area contributed by atoms with Crippen LogP contribution in [-0.2, 0) is 4.74 Å². The second-order valence-corrected chi connectivity index (χ2v) is 5.78. The molecule has 0 saturated heterocycles. The van der Waals surface area contributed by atoms with Gasteiger partial charge in [-0.05, 0) is 18.2 Å². The van der Waals surface area contributed by atoms with Crippen LogP contribution in [0.3, 0.4) is 0 Å². The summed E-state index contributed by atoms with van der Waals surface area (Å²) in [7, 11) is 1.31. The van der Waals surface area contributed by atoms with Crippen LogP contribution >= 0.6 is 23.2 Å². The molecule has 120 valence electrons. The van der Waals surface area contributed by atoms with Gasteiger partial charge in [0.2, 0.25) is 0 Å². The van der Waals surface area contributed by atoms with E-state index in [1.54, 1.807) is 18.2 Å². The van der Waals surface area contributed by atoms with Crippen molar-refractivity contribution >= 4 is 29.2 Å². The quantitative estimate of drug-likeness (QED) is 0.624. The molecule has 1 heterocycles. The molecule has 0 bridgehead atoms. The van der Waals surface area contributed by atoms with Gasteiger partial charge in [0.15, 0.2) is 5.82 Å². The number of halogens is 2. The molecule has 0 fully saturated rings. The molecule has 6 heteroatoms. The molecule has 2 aromatic carbocycles. The van der Waals surface area contributed by atoms with Crippen molar-refractivity contribution in [1.82, 2.24) is 9.97 Å². The summed E-state index contributed by atoms with van der Waals surface area (Å²) in [5.74, 6) is -0.0418. The van der Waals surface area contributed by atoms with E-state index in [9.17, 15) is 4.79 Å². The first kappa shape index (κ1) is 16.4. The smallest absolute Gasteiger partial charge is 0.341 e. The number of nitrogens with zero attached hydrogens (tertiary/aromatic N) is 2. The van der Waals surface area contributed by atoms with Crippen LogP contribution in [0.15, 0.2) is 54.7 Å². The molecule has 0 spiro atoms. The lowest BCUT2D eigenvalue weighted by molar-refractivity contribution is 0.0601. The molecule has 0 radical (unpaired) electrons. The third-order valence-corrected chi connectivity index (χ3v) is 3.96. The first-order chi connectivity index (χ1) is 11.6. The van der Waals surface area contributed by atoms with Crippen LogP contribution in [0.4, 0.5) is 0 Å². The van der Waals surface area contributed by atoms with Crippen molar-refractivity contribution in [3.63, 3.8) is 0 Å². The van der Waals surface area contributed by atoms with Crippen LogP contribution in [0.5, 0.6) is 0 Å². The Morgan fingerprint density at radius 3 is 2.50 bits per heavy atom. The van der Waals surface area contributed by atoms with E-state index in [-0.39, 0.29) is 5.56 Å². The summed E-state index contributed by atoms with van der Waals surface area (Å²) in [5, 5.41) is 0.895. The molecule has 0 atom stereocenters. The maximum Gasteiger partial charge on any atom is 0.341 e. The monoisotopic (exact) mass is 358 g/mol. The molecule has 3 aromatic rings. The number of methoxy groups -OCH3 is 1. The highest BCUT2D eigenvalue weighted by molar-refractivity contribution is 6.36. The summed E-state index contributed by atoms with van der Waals surface area (Å²) >= 11 is 12.2. The van der Waals surface area contributed by atoms with E-state index in [0.717, 1.165) is 5.56 Å². The Labute approximate surface area is 149 Å². The lowest BCUT2D eigenvalue weighted by atomic mass is 10.1. The van der Waals surface area contributed by atoms with Gasteiger partial charge >= 0.3 is 5.97 Å². The van der Waals surface area contributed by atoms with Gasteiger partial charge in [0.05, 0.1) is 17.8 Å². The fourth-order valence-electron chi connectivity index (χ4n) is 2.25. The van der Waals surface area contributed by atoms with Crippen molar-refractivity contribution < 1.29 is 9.53 Å². The van der Waals surface area contributed by atoms with Gasteiger partial charge in [-0.15, -0.1) is 0 Å². The van der Waals surface area contributed by atoms with Gasteiger partial charge in [0.1, 0.15) is 5.56 Å². The van der Waals surface area contributed by atoms with Gasteiger partial charge in [-0.25, -0.2) is 14.8 Å². The van der Waals surface area contributed by atoms with Gasteiger partial charge in [0.25, 0.3) is 0 Å². The number of esters is 1. The largest absolute Gasteiger partial charge is 0.465 e. The molecular weight excluding hydrogens is 347 g/mol. The number of carbonyl (C=O) groups is 1. The van der Waals surface area contributed by atoms with Gasteiger partial charge < -0.3 is 4.74 Å². The van der Waals surface area contributed by atoms with Crippen molar-refractivity contribution in [2.24, 2.45) is 0 Å². The van der Waals surface area contributed by atoms with Crippen LogP contribution in [-0.4, -0.2) is 23.0 Å². The fourth-order valence-corrected chi connectivity index (χ4v) is 2.75. The van der Waals surface area contributed by atoms with Crippen LogP contribution < -0.4 is 0 Å². The Kier molecular flexibility index (Phi) is 4.79. The standard InChI is InChI=1S/C18H12Cl2N2O2/c1-24-18(23)14-10-21-17(11-5-3-2-4-6-11)22-16(14)13-8-7-12(19)9-15(13)20/h2-10H,1H3. The van der Waals surface area contributed by atoms with Crippen molar-refractivity contribution in [3.05, 3.63) is 70.3 Å². The Morgan fingerprint density at radius 1 is 1.08 bits per heavy atom. The summed E-state index contributed by atoms with van der Waals surface area (Å²) in [6.07, 6.45) is 1.45. The topological polar surface area (TPSA) is 52.1 Å². The minimum Gasteiger partial charge on any atom is -0.465 e. The molecule has 3 rings (SSSR count). The van der Waals surface area contributed by atoms with E-state index < -0.39 is 5.97 Å². The SMILES string of the molecule is COC(=O)c1cnc(-c2ccccc2)nc1-c1ccc(Cl)cc1Cl. The lowest BCUT2D eigenvalue weighted by Crippen LogP contribution is -2.07. The number of aromatic nitrogens is 2. The predicted octanol–water partition coefficient (Wildman–Crippen LogP) is 4.90. The molecule has 0 aliphatic heterocycles. The molecule has 0 aliphatic rings. The van der Waals surface area contributed by atoms with Crippen molar-refractivity contribution in [1.29, 1.82) is 0 Å². The number of benzene rings is 2. The van der Waals surface area contributed by atoms with Crippen LogP contribution in [0.2, 0.25) is 10.0 Å². The molecule has 1 aromatic heterocycles. The van der Waals surface area contributed by atoms with Crippen molar-refractivity contribution in [2.45, 2.75) is 0 Å². The maximum atomic E-state index is 12.1. The van der Waals surface area contributed by atoms with E-state index in [1.165, 1.54) is 13.3 Å². The van der Waals surface area contributed by atoms with E-state index in [0.29, 0.717) is 27.1 Å². The first-order valence-electron chi connectivity index (χ1n) is 7.06. The molecule has 4 nitrogen and oxygen atoms in total. The zero-order valence-electron chi connectivity index (χ0n) is 12.7. The summed E-state index contributed by atoms with van der Waals surface area (Å²) < 4.78 is 4.82. The molecule has 24 heavy (non-hydrogen) atoms. The Hall–Kier alpha value is -2.43. The number of carbonyl (C=O) groups excluding carboxylic acids is 1. The van der Waals surface area contributed by atoms with Crippen LogP contribution in [0, 0.1) is 0 Å². The van der Waals surface area contributed by atoms with Gasteiger partial charge in [-0.1, -0.05) is 53.5 Å².